The number of nitrogens with zero attached hydrogens (tertiary/aromatic N) is 2. The van der Waals surface area contributed by atoms with E-state index in [9.17, 15) is 0 Å². The summed E-state index contributed by atoms with van der Waals surface area (Å²) in [6.07, 6.45) is 0.858. The molecule has 0 aliphatic carbocycles. The Morgan fingerprint density at radius 2 is 2.45 bits per heavy atom. The van der Waals surface area contributed by atoms with Crippen molar-refractivity contribution in [2.45, 2.75) is 13.3 Å². The van der Waals surface area contributed by atoms with Crippen LogP contribution >= 0.6 is 27.5 Å². The molecule has 1 aromatic heterocycles. The predicted octanol–water partition coefficient (Wildman–Crippen LogP) is 1.88. The van der Waals surface area contributed by atoms with E-state index in [0.717, 1.165) is 24.6 Å². The number of rotatable bonds is 4. The van der Waals surface area contributed by atoms with Gasteiger partial charge >= 0.3 is 0 Å². The first-order valence-electron chi connectivity index (χ1n) is 3.38. The van der Waals surface area contributed by atoms with Crippen LogP contribution in [0.2, 0.25) is 0 Å². The molecule has 1 heterocycles. The summed E-state index contributed by atoms with van der Waals surface area (Å²) in [6, 6.07) is 0. The Hall–Kier alpha value is -0.0000000000000000278. The van der Waals surface area contributed by atoms with Crippen molar-refractivity contribution in [1.82, 2.24) is 9.36 Å². The second-order valence-corrected chi connectivity index (χ2v) is 3.45. The fourth-order valence-electron chi connectivity index (χ4n) is 0.639. The first kappa shape index (κ1) is 9.09. The van der Waals surface area contributed by atoms with Gasteiger partial charge in [-0.2, -0.15) is 4.37 Å². The highest BCUT2D eigenvalue weighted by Crippen LogP contribution is 2.09. The molecule has 0 fully saturated rings. The van der Waals surface area contributed by atoms with E-state index in [1.165, 1.54) is 11.5 Å². The number of hydrogen-bond acceptors (Lipinski definition) is 4. The smallest absolute Gasteiger partial charge is 0.209 e. The van der Waals surface area contributed by atoms with E-state index in [0.29, 0.717) is 4.73 Å². The number of halogens is 1. The van der Waals surface area contributed by atoms with Crippen molar-refractivity contribution < 1.29 is 4.74 Å². The average molecular weight is 237 g/mol. The zero-order valence-electron chi connectivity index (χ0n) is 6.21. The van der Waals surface area contributed by atoms with Crippen molar-refractivity contribution in [2.75, 3.05) is 13.2 Å². The molecule has 0 saturated heterocycles. The van der Waals surface area contributed by atoms with Crippen LogP contribution in [0.4, 0.5) is 0 Å². The molecule has 0 bridgehead atoms. The summed E-state index contributed by atoms with van der Waals surface area (Å²) < 4.78 is 9.83. The third kappa shape index (κ3) is 3.27. The van der Waals surface area contributed by atoms with E-state index >= 15 is 0 Å². The molecule has 11 heavy (non-hydrogen) atoms. The van der Waals surface area contributed by atoms with E-state index < -0.39 is 0 Å². The molecular formula is C6H9BrN2OS. The van der Waals surface area contributed by atoms with Gasteiger partial charge in [0.2, 0.25) is 4.73 Å². The lowest BCUT2D eigenvalue weighted by molar-refractivity contribution is 0.151. The van der Waals surface area contributed by atoms with Crippen LogP contribution in [0.25, 0.3) is 0 Å². The summed E-state index contributed by atoms with van der Waals surface area (Å²) in [5.41, 5.74) is 0. The maximum Gasteiger partial charge on any atom is 0.209 e. The van der Waals surface area contributed by atoms with Gasteiger partial charge in [-0.15, -0.1) is 0 Å². The molecule has 0 N–H and O–H groups in total. The predicted molar refractivity (Wildman–Crippen MR) is 47.8 cm³/mol. The van der Waals surface area contributed by atoms with E-state index in [2.05, 4.69) is 25.3 Å². The standard InChI is InChI=1S/C6H9BrN2OS/c1-2-10-4-3-5-8-6(7)9-11-5/h2-4H2,1H3. The van der Waals surface area contributed by atoms with Crippen LogP contribution in [0.3, 0.4) is 0 Å². The Morgan fingerprint density at radius 1 is 1.64 bits per heavy atom. The van der Waals surface area contributed by atoms with Crippen molar-refractivity contribution >= 4 is 27.5 Å². The van der Waals surface area contributed by atoms with Crippen molar-refractivity contribution in [3.63, 3.8) is 0 Å². The van der Waals surface area contributed by atoms with Crippen LogP contribution in [0.1, 0.15) is 11.9 Å². The van der Waals surface area contributed by atoms with Gasteiger partial charge in [0.05, 0.1) is 6.61 Å². The molecule has 0 saturated carbocycles. The highest BCUT2D eigenvalue weighted by Gasteiger charge is 1.99. The number of hydrogen-bond donors (Lipinski definition) is 0. The quantitative estimate of drug-likeness (QED) is 0.750. The normalized spacial score (nSPS) is 10.4. The zero-order valence-corrected chi connectivity index (χ0v) is 8.61. The van der Waals surface area contributed by atoms with Crippen molar-refractivity contribution in [2.24, 2.45) is 0 Å². The maximum absolute atomic E-state index is 5.17. The van der Waals surface area contributed by atoms with Gasteiger partial charge in [0.1, 0.15) is 5.01 Å². The molecule has 0 radical (unpaired) electrons. The van der Waals surface area contributed by atoms with E-state index in [1.54, 1.807) is 0 Å². The SMILES string of the molecule is CCOCCc1nc(Br)ns1. The summed E-state index contributed by atoms with van der Waals surface area (Å²) in [7, 11) is 0. The number of ether oxygens (including phenoxy) is 1. The lowest BCUT2D eigenvalue weighted by Crippen LogP contribution is -1.96. The van der Waals surface area contributed by atoms with Crippen LogP contribution in [0.5, 0.6) is 0 Å². The molecule has 0 amide bonds. The van der Waals surface area contributed by atoms with E-state index in [-0.39, 0.29) is 0 Å². The monoisotopic (exact) mass is 236 g/mol. The molecule has 0 aliphatic heterocycles. The van der Waals surface area contributed by atoms with Gasteiger partial charge in [-0.1, -0.05) is 0 Å². The summed E-state index contributed by atoms with van der Waals surface area (Å²) in [4.78, 5) is 4.13. The molecule has 5 heteroatoms. The van der Waals surface area contributed by atoms with Crippen LogP contribution in [0, 0.1) is 0 Å². The third-order valence-corrected chi connectivity index (χ3v) is 2.47. The second-order valence-electron chi connectivity index (χ2n) is 1.90. The van der Waals surface area contributed by atoms with Crippen molar-refractivity contribution in [1.29, 1.82) is 0 Å². The molecule has 0 aliphatic rings. The highest BCUT2D eigenvalue weighted by molar-refractivity contribution is 9.10. The number of aromatic nitrogens is 2. The van der Waals surface area contributed by atoms with Crippen LogP contribution in [0.15, 0.2) is 4.73 Å². The van der Waals surface area contributed by atoms with E-state index in [1.807, 2.05) is 6.92 Å². The second kappa shape index (κ2) is 4.79. The Bertz CT molecular complexity index is 216. The van der Waals surface area contributed by atoms with E-state index in [4.69, 9.17) is 4.74 Å². The summed E-state index contributed by atoms with van der Waals surface area (Å²) in [6.45, 7) is 3.48. The third-order valence-electron chi connectivity index (χ3n) is 1.11. The van der Waals surface area contributed by atoms with Gasteiger partial charge in [0.15, 0.2) is 0 Å². The average Bonchev–Trinajstić information content (AvgIpc) is 2.37. The zero-order chi connectivity index (χ0) is 8.10. The molecule has 3 nitrogen and oxygen atoms in total. The van der Waals surface area contributed by atoms with Crippen LogP contribution in [-0.2, 0) is 11.2 Å². The first-order valence-corrected chi connectivity index (χ1v) is 4.95. The lowest BCUT2D eigenvalue weighted by Gasteiger charge is -1.95. The molecule has 0 spiro atoms. The van der Waals surface area contributed by atoms with Gasteiger partial charge < -0.3 is 4.74 Å². The molecule has 1 aromatic rings. The minimum atomic E-state index is 0.675. The Kier molecular flexibility index (Phi) is 3.96. The van der Waals surface area contributed by atoms with Gasteiger partial charge in [0.25, 0.3) is 0 Å². The van der Waals surface area contributed by atoms with Crippen LogP contribution < -0.4 is 0 Å². The Balaban J connectivity index is 2.27. The van der Waals surface area contributed by atoms with Crippen LogP contribution in [-0.4, -0.2) is 22.6 Å². The molecule has 62 valence electrons. The Morgan fingerprint density at radius 3 is 3.00 bits per heavy atom. The van der Waals surface area contributed by atoms with Gasteiger partial charge in [-0.25, -0.2) is 4.98 Å². The van der Waals surface area contributed by atoms with Gasteiger partial charge in [-0.05, 0) is 34.4 Å². The summed E-state index contributed by atoms with van der Waals surface area (Å²) in [5, 5.41) is 1.02. The first-order chi connectivity index (χ1) is 5.33. The molecule has 0 aromatic carbocycles. The summed E-state index contributed by atoms with van der Waals surface area (Å²) in [5.74, 6) is 0. The fraction of sp³-hybridized carbons (Fsp3) is 0.667. The van der Waals surface area contributed by atoms with Crippen molar-refractivity contribution in [3.8, 4) is 0 Å². The summed E-state index contributed by atoms with van der Waals surface area (Å²) >= 11 is 4.60. The largest absolute Gasteiger partial charge is 0.381 e. The topological polar surface area (TPSA) is 35.0 Å². The van der Waals surface area contributed by atoms with Crippen molar-refractivity contribution in [3.05, 3.63) is 9.74 Å². The lowest BCUT2D eigenvalue weighted by atomic mass is 10.5. The van der Waals surface area contributed by atoms with Gasteiger partial charge in [0, 0.05) is 13.0 Å². The molecule has 1 rings (SSSR count). The maximum atomic E-state index is 5.17. The molecule has 0 unspecified atom stereocenters. The molecular weight excluding hydrogens is 228 g/mol. The fourth-order valence-corrected chi connectivity index (χ4v) is 1.71. The Labute approximate surface area is 78.1 Å². The van der Waals surface area contributed by atoms with Gasteiger partial charge in [-0.3, -0.25) is 0 Å². The minimum Gasteiger partial charge on any atom is -0.381 e. The minimum absolute atomic E-state index is 0.675. The molecule has 0 atom stereocenters. The highest BCUT2D eigenvalue weighted by atomic mass is 79.9.